The van der Waals surface area contributed by atoms with E-state index in [4.69, 9.17) is 4.74 Å². The van der Waals surface area contributed by atoms with Crippen molar-refractivity contribution >= 4 is 5.69 Å². The van der Waals surface area contributed by atoms with Crippen molar-refractivity contribution < 1.29 is 14.2 Å². The van der Waals surface area contributed by atoms with Crippen LogP contribution in [0, 0.1) is 11.7 Å². The smallest absolute Gasteiger partial charge is 0.125 e. The van der Waals surface area contributed by atoms with E-state index in [2.05, 4.69) is 0 Å². The summed E-state index contributed by atoms with van der Waals surface area (Å²) in [6.07, 6.45) is 0.363. The van der Waals surface area contributed by atoms with E-state index in [1.165, 1.54) is 12.1 Å². The summed E-state index contributed by atoms with van der Waals surface area (Å²) >= 11 is 0. The molecule has 1 heterocycles. The molecule has 3 nitrogen and oxygen atoms in total. The predicted molar refractivity (Wildman–Crippen MR) is 64.6 cm³/mol. The number of halogens is 1. The third-order valence-electron chi connectivity index (χ3n) is 3.19. The number of aliphatic hydroxyl groups excluding tert-OH is 1. The minimum atomic E-state index is -0.320. The van der Waals surface area contributed by atoms with Gasteiger partial charge in [-0.3, -0.25) is 0 Å². The molecule has 2 atom stereocenters. The molecule has 0 aromatic heterocycles. The summed E-state index contributed by atoms with van der Waals surface area (Å²) in [6.45, 7) is 1.87. The lowest BCUT2D eigenvalue weighted by Gasteiger charge is -2.32. The Morgan fingerprint density at radius 3 is 3.06 bits per heavy atom. The molecule has 94 valence electrons. The van der Waals surface area contributed by atoms with Crippen LogP contribution in [0.15, 0.2) is 24.3 Å². The van der Waals surface area contributed by atoms with Crippen molar-refractivity contribution in [2.45, 2.75) is 12.5 Å². The van der Waals surface area contributed by atoms with Crippen LogP contribution in [0.4, 0.5) is 10.1 Å². The predicted octanol–water partition coefficient (Wildman–Crippen LogP) is 1.66. The van der Waals surface area contributed by atoms with Crippen molar-refractivity contribution in [3.63, 3.8) is 0 Å². The molecule has 0 amide bonds. The zero-order chi connectivity index (χ0) is 12.3. The lowest BCUT2D eigenvalue weighted by atomic mass is 9.98. The first kappa shape index (κ1) is 12.3. The number of hydrogen-bond acceptors (Lipinski definition) is 3. The first-order valence-electron chi connectivity index (χ1n) is 5.89. The summed E-state index contributed by atoms with van der Waals surface area (Å²) in [5, 5.41) is 9.84. The summed E-state index contributed by atoms with van der Waals surface area (Å²) in [7, 11) is 1.90. The van der Waals surface area contributed by atoms with Gasteiger partial charge in [0.25, 0.3) is 0 Å². The third-order valence-corrected chi connectivity index (χ3v) is 3.19. The maximum atomic E-state index is 13.1. The molecule has 0 saturated carbocycles. The van der Waals surface area contributed by atoms with Crippen LogP contribution in [0.1, 0.15) is 6.42 Å². The van der Waals surface area contributed by atoms with Crippen LogP contribution in [-0.4, -0.2) is 38.0 Å². The van der Waals surface area contributed by atoms with Crippen LogP contribution in [0.2, 0.25) is 0 Å². The fraction of sp³-hybridized carbons (Fsp3) is 0.538. The molecule has 1 aromatic rings. The summed E-state index contributed by atoms with van der Waals surface area (Å²) in [5.41, 5.74) is 0.822. The lowest BCUT2D eigenvalue weighted by Crippen LogP contribution is -2.39. The molecule has 1 aromatic carbocycles. The van der Waals surface area contributed by atoms with Crippen LogP contribution in [0.3, 0.4) is 0 Å². The molecule has 17 heavy (non-hydrogen) atoms. The van der Waals surface area contributed by atoms with Crippen LogP contribution >= 0.6 is 0 Å². The molecule has 0 spiro atoms. The van der Waals surface area contributed by atoms with Crippen LogP contribution in [-0.2, 0) is 4.74 Å². The molecular formula is C13H18FNO2. The molecule has 0 aliphatic carbocycles. The molecule has 1 N–H and O–H groups in total. The highest BCUT2D eigenvalue weighted by molar-refractivity contribution is 5.45. The van der Waals surface area contributed by atoms with Gasteiger partial charge in [0.2, 0.25) is 0 Å². The van der Waals surface area contributed by atoms with Gasteiger partial charge in [-0.15, -0.1) is 0 Å². The van der Waals surface area contributed by atoms with Gasteiger partial charge < -0.3 is 14.7 Å². The normalized spacial score (nSPS) is 24.6. The Balaban J connectivity index is 1.98. The van der Waals surface area contributed by atoms with Gasteiger partial charge in [0.15, 0.2) is 0 Å². The van der Waals surface area contributed by atoms with Gasteiger partial charge in [-0.1, -0.05) is 6.07 Å². The van der Waals surface area contributed by atoms with Gasteiger partial charge in [0.1, 0.15) is 5.82 Å². The first-order valence-corrected chi connectivity index (χ1v) is 5.89. The monoisotopic (exact) mass is 239 g/mol. The van der Waals surface area contributed by atoms with Gasteiger partial charge in [0.05, 0.1) is 12.7 Å². The van der Waals surface area contributed by atoms with E-state index in [1.54, 1.807) is 6.07 Å². The molecule has 4 heteroatoms. The molecule has 2 unspecified atom stereocenters. The SMILES string of the molecule is CN(CC1COCCC1O)c1cccc(F)c1. The van der Waals surface area contributed by atoms with Crippen molar-refractivity contribution in [1.29, 1.82) is 0 Å². The quantitative estimate of drug-likeness (QED) is 0.870. The third kappa shape index (κ3) is 3.17. The standard InChI is InChI=1S/C13H18FNO2/c1-15(12-4-2-3-11(14)7-12)8-10-9-17-6-5-13(10)16/h2-4,7,10,13,16H,5-6,8-9H2,1H3. The molecule has 1 fully saturated rings. The van der Waals surface area contributed by atoms with E-state index in [-0.39, 0.29) is 17.8 Å². The van der Waals surface area contributed by atoms with Crippen molar-refractivity contribution in [1.82, 2.24) is 0 Å². The maximum absolute atomic E-state index is 13.1. The van der Waals surface area contributed by atoms with Gasteiger partial charge in [-0.25, -0.2) is 4.39 Å². The largest absolute Gasteiger partial charge is 0.393 e. The number of aliphatic hydroxyl groups is 1. The number of anilines is 1. The van der Waals surface area contributed by atoms with Crippen molar-refractivity contribution in [2.24, 2.45) is 5.92 Å². The number of nitrogens with zero attached hydrogens (tertiary/aromatic N) is 1. The maximum Gasteiger partial charge on any atom is 0.125 e. The molecule has 1 aliphatic rings. The Hall–Kier alpha value is -1.13. The second kappa shape index (κ2) is 5.47. The summed E-state index contributed by atoms with van der Waals surface area (Å²) < 4.78 is 18.4. The zero-order valence-electron chi connectivity index (χ0n) is 9.97. The van der Waals surface area contributed by atoms with Crippen LogP contribution in [0.5, 0.6) is 0 Å². The highest BCUT2D eigenvalue weighted by Gasteiger charge is 2.24. The average Bonchev–Trinajstić information content (AvgIpc) is 2.32. The fourth-order valence-electron chi connectivity index (χ4n) is 2.13. The molecule has 1 saturated heterocycles. The van der Waals surface area contributed by atoms with Crippen LogP contribution in [0.25, 0.3) is 0 Å². The second-order valence-corrected chi connectivity index (χ2v) is 4.55. The van der Waals surface area contributed by atoms with E-state index in [1.807, 2.05) is 18.0 Å². The Kier molecular flexibility index (Phi) is 3.97. The fourth-order valence-corrected chi connectivity index (χ4v) is 2.13. The molecule has 1 aliphatic heterocycles. The number of benzene rings is 1. The minimum Gasteiger partial charge on any atom is -0.393 e. The summed E-state index contributed by atoms with van der Waals surface area (Å²) in [4.78, 5) is 1.95. The van der Waals surface area contributed by atoms with E-state index >= 15 is 0 Å². The lowest BCUT2D eigenvalue weighted by molar-refractivity contribution is -0.0320. The van der Waals surface area contributed by atoms with E-state index in [0.29, 0.717) is 26.2 Å². The van der Waals surface area contributed by atoms with Crippen molar-refractivity contribution in [3.8, 4) is 0 Å². The minimum absolute atomic E-state index is 0.0945. The molecule has 2 rings (SSSR count). The van der Waals surface area contributed by atoms with Gasteiger partial charge in [0, 0.05) is 31.8 Å². The Morgan fingerprint density at radius 1 is 1.53 bits per heavy atom. The number of rotatable bonds is 3. The van der Waals surface area contributed by atoms with Gasteiger partial charge in [-0.2, -0.15) is 0 Å². The van der Waals surface area contributed by atoms with E-state index < -0.39 is 0 Å². The number of hydrogen-bond donors (Lipinski definition) is 1. The van der Waals surface area contributed by atoms with Gasteiger partial charge in [-0.05, 0) is 24.6 Å². The van der Waals surface area contributed by atoms with Gasteiger partial charge >= 0.3 is 0 Å². The Morgan fingerprint density at radius 2 is 2.35 bits per heavy atom. The summed E-state index contributed by atoms with van der Waals surface area (Å²) in [6, 6.07) is 6.47. The highest BCUT2D eigenvalue weighted by Crippen LogP contribution is 2.20. The van der Waals surface area contributed by atoms with Crippen molar-refractivity contribution in [3.05, 3.63) is 30.1 Å². The van der Waals surface area contributed by atoms with E-state index in [9.17, 15) is 9.50 Å². The highest BCUT2D eigenvalue weighted by atomic mass is 19.1. The van der Waals surface area contributed by atoms with E-state index in [0.717, 1.165) is 5.69 Å². The second-order valence-electron chi connectivity index (χ2n) is 4.55. The Labute approximate surface area is 101 Å². The molecule has 0 radical (unpaired) electrons. The number of ether oxygens (including phenoxy) is 1. The van der Waals surface area contributed by atoms with Crippen molar-refractivity contribution in [2.75, 3.05) is 31.7 Å². The van der Waals surface area contributed by atoms with Crippen LogP contribution < -0.4 is 4.90 Å². The average molecular weight is 239 g/mol. The first-order chi connectivity index (χ1) is 8.16. The molecular weight excluding hydrogens is 221 g/mol. The topological polar surface area (TPSA) is 32.7 Å². The zero-order valence-corrected chi connectivity index (χ0v) is 9.97. The summed E-state index contributed by atoms with van der Waals surface area (Å²) in [5.74, 6) is -0.146. The molecule has 0 bridgehead atoms. The Bertz CT molecular complexity index is 372.